The van der Waals surface area contributed by atoms with Gasteiger partial charge < -0.3 is 15.6 Å². The van der Waals surface area contributed by atoms with Crippen molar-refractivity contribution in [3.05, 3.63) is 102 Å². The number of H-pyrrole nitrogens is 1. The van der Waals surface area contributed by atoms with Gasteiger partial charge in [0.25, 0.3) is 15.6 Å². The highest BCUT2D eigenvalue weighted by Crippen LogP contribution is 2.25. The van der Waals surface area contributed by atoms with Gasteiger partial charge in [-0.2, -0.15) is 0 Å². The van der Waals surface area contributed by atoms with Crippen LogP contribution in [0.5, 0.6) is 0 Å². The number of sulfonamides is 1. The summed E-state index contributed by atoms with van der Waals surface area (Å²) in [7, 11) is -4.09. The van der Waals surface area contributed by atoms with Crippen molar-refractivity contribution in [2.75, 3.05) is 10.6 Å². The molecule has 0 bridgehead atoms. The number of carbonyl (C=O) groups is 1. The van der Waals surface area contributed by atoms with Crippen LogP contribution in [-0.4, -0.2) is 24.0 Å². The summed E-state index contributed by atoms with van der Waals surface area (Å²) < 4.78 is 27.6. The molecule has 0 unspecified atom stereocenters. The van der Waals surface area contributed by atoms with E-state index in [1.165, 1.54) is 41.3 Å². The van der Waals surface area contributed by atoms with Crippen LogP contribution in [0.4, 0.5) is 16.2 Å². The molecule has 0 radical (unpaired) electrons. The summed E-state index contributed by atoms with van der Waals surface area (Å²) in [5.74, 6) is 0. The number of fused-ring (bicyclic) bond motifs is 1. The van der Waals surface area contributed by atoms with E-state index in [1.807, 2.05) is 11.6 Å². The van der Waals surface area contributed by atoms with E-state index >= 15 is 0 Å². The number of anilines is 2. The van der Waals surface area contributed by atoms with Crippen molar-refractivity contribution in [2.24, 2.45) is 0 Å². The summed E-state index contributed by atoms with van der Waals surface area (Å²) in [6.07, 6.45) is 0. The fourth-order valence-corrected chi connectivity index (χ4v) is 6.92. The molecule has 14 heteroatoms. The molecule has 200 valence electrons. The number of carbonyl (C=O) groups excluding carboxylic acids is 1. The third kappa shape index (κ3) is 5.91. The van der Waals surface area contributed by atoms with Gasteiger partial charge in [-0.1, -0.05) is 11.6 Å². The van der Waals surface area contributed by atoms with E-state index in [2.05, 4.69) is 27.1 Å². The van der Waals surface area contributed by atoms with Crippen molar-refractivity contribution in [3.8, 4) is 5.69 Å². The molecule has 3 aromatic heterocycles. The van der Waals surface area contributed by atoms with E-state index in [0.717, 1.165) is 27.2 Å². The Morgan fingerprint density at radius 1 is 1.03 bits per heavy atom. The second-order valence-electron chi connectivity index (χ2n) is 8.42. The number of hydrogen-bond donors (Lipinski definition) is 4. The molecule has 0 aliphatic carbocycles. The van der Waals surface area contributed by atoms with Crippen LogP contribution in [-0.2, 0) is 16.6 Å². The Morgan fingerprint density at radius 2 is 1.77 bits per heavy atom. The van der Waals surface area contributed by atoms with Crippen LogP contribution in [0.1, 0.15) is 10.4 Å². The zero-order valence-electron chi connectivity index (χ0n) is 20.1. The molecule has 0 saturated carbocycles. The van der Waals surface area contributed by atoms with Crippen molar-refractivity contribution in [2.45, 2.75) is 17.7 Å². The quantitative estimate of drug-likeness (QED) is 0.209. The fourth-order valence-electron chi connectivity index (χ4n) is 3.82. The lowest BCUT2D eigenvalue weighted by molar-refractivity contribution is 0.256. The van der Waals surface area contributed by atoms with Crippen molar-refractivity contribution in [3.63, 3.8) is 0 Å². The molecule has 0 atom stereocenters. The Balaban J connectivity index is 1.32. The van der Waals surface area contributed by atoms with E-state index in [1.54, 1.807) is 29.5 Å². The van der Waals surface area contributed by atoms with Crippen LogP contribution in [0.25, 0.3) is 16.6 Å². The van der Waals surface area contributed by atoms with Crippen LogP contribution in [0, 0.1) is 6.92 Å². The zero-order valence-corrected chi connectivity index (χ0v) is 23.4. The minimum Gasteiger partial charge on any atom is -0.381 e. The van der Waals surface area contributed by atoms with Gasteiger partial charge in [0.15, 0.2) is 0 Å². The lowest BCUT2D eigenvalue weighted by Crippen LogP contribution is -2.34. The second-order valence-corrected chi connectivity index (χ2v) is 13.2. The van der Waals surface area contributed by atoms with Crippen molar-refractivity contribution in [1.82, 2.24) is 14.3 Å². The molecule has 2 amide bonds. The molecule has 3 heterocycles. The van der Waals surface area contributed by atoms with E-state index in [9.17, 15) is 22.8 Å². The van der Waals surface area contributed by atoms with E-state index in [-0.39, 0.29) is 19.9 Å². The predicted octanol–water partition coefficient (Wildman–Crippen LogP) is 4.89. The van der Waals surface area contributed by atoms with Gasteiger partial charge in [-0.25, -0.2) is 27.3 Å². The number of aromatic nitrogens is 2. The molecule has 0 aliphatic rings. The molecule has 0 saturated heterocycles. The number of rotatable bonds is 7. The third-order valence-corrected chi connectivity index (χ3v) is 9.57. The first-order valence-electron chi connectivity index (χ1n) is 11.4. The molecule has 0 aliphatic heterocycles. The molecule has 10 nitrogen and oxygen atoms in total. The molecule has 39 heavy (non-hydrogen) atoms. The lowest BCUT2D eigenvalue weighted by Gasteiger charge is -2.10. The maximum Gasteiger partial charge on any atom is 0.333 e. The summed E-state index contributed by atoms with van der Waals surface area (Å²) in [5, 5.41) is 8.09. The number of urea groups is 1. The summed E-state index contributed by atoms with van der Waals surface area (Å²) in [5.41, 5.74) is 1.69. The van der Waals surface area contributed by atoms with Crippen LogP contribution in [0.3, 0.4) is 0 Å². The van der Waals surface area contributed by atoms with Gasteiger partial charge >= 0.3 is 11.7 Å². The van der Waals surface area contributed by atoms with Crippen LogP contribution in [0.15, 0.2) is 79.8 Å². The van der Waals surface area contributed by atoms with Gasteiger partial charge in [0.2, 0.25) is 0 Å². The Kier molecular flexibility index (Phi) is 7.32. The number of thiophene rings is 2. The third-order valence-electron chi connectivity index (χ3n) is 5.60. The van der Waals surface area contributed by atoms with Crippen LogP contribution >= 0.6 is 34.3 Å². The Bertz CT molecular complexity index is 1920. The normalized spacial score (nSPS) is 11.4. The van der Waals surface area contributed by atoms with Gasteiger partial charge in [-0.15, -0.1) is 22.7 Å². The fraction of sp³-hybridized carbons (Fsp3) is 0.0800. The Morgan fingerprint density at radius 3 is 2.44 bits per heavy atom. The molecular formula is C25H20ClN5O5S3. The molecule has 0 fully saturated rings. The number of benzene rings is 2. The molecule has 0 spiro atoms. The molecule has 4 N–H and O–H groups in total. The minimum atomic E-state index is -4.09. The summed E-state index contributed by atoms with van der Waals surface area (Å²) in [6.45, 7) is 2.65. The highest BCUT2D eigenvalue weighted by Gasteiger charge is 2.20. The van der Waals surface area contributed by atoms with Crippen molar-refractivity contribution in [1.29, 1.82) is 0 Å². The highest BCUT2D eigenvalue weighted by atomic mass is 35.5. The van der Waals surface area contributed by atoms with E-state index in [4.69, 9.17) is 11.6 Å². The zero-order chi connectivity index (χ0) is 27.7. The number of nitrogens with one attached hydrogen (secondary N) is 4. The van der Waals surface area contributed by atoms with Crippen molar-refractivity contribution >= 4 is 72.6 Å². The summed E-state index contributed by atoms with van der Waals surface area (Å²) >= 11 is 8.25. The first-order chi connectivity index (χ1) is 18.6. The first kappa shape index (κ1) is 26.7. The second kappa shape index (κ2) is 10.7. The Hall–Kier alpha value is -3.91. The van der Waals surface area contributed by atoms with Crippen LogP contribution < -0.4 is 26.6 Å². The molecule has 2 aromatic carbocycles. The maximum absolute atomic E-state index is 13.2. The maximum atomic E-state index is 13.2. The summed E-state index contributed by atoms with van der Waals surface area (Å²) in [4.78, 5) is 42.2. The number of amides is 2. The number of halogens is 1. The highest BCUT2D eigenvalue weighted by molar-refractivity contribution is 7.92. The molecule has 5 aromatic rings. The Labute approximate surface area is 235 Å². The van der Waals surface area contributed by atoms with Crippen molar-refractivity contribution < 1.29 is 13.2 Å². The van der Waals surface area contributed by atoms with Gasteiger partial charge in [-0.05, 0) is 78.5 Å². The number of nitrogens with zero attached hydrogens (tertiary/aromatic N) is 1. The molecular weight excluding hydrogens is 582 g/mol. The average molecular weight is 602 g/mol. The monoisotopic (exact) mass is 601 g/mol. The van der Waals surface area contributed by atoms with Gasteiger partial charge in [-0.3, -0.25) is 4.79 Å². The smallest absolute Gasteiger partial charge is 0.333 e. The standard InChI is InChI=1S/C25H20ClN5O5S3/c1-14-10-15(13-37-14)12-27-17-4-7-19-20(11-17)29-25(34)31(23(19)32)18-5-2-16(3-6-18)28-24(33)30-39(35,36)22-9-8-21(26)38-22/h2-11,13,27H,12H2,1H3,(H,29,34)(H2,28,30,33). The lowest BCUT2D eigenvalue weighted by atomic mass is 10.2. The van der Waals surface area contributed by atoms with Gasteiger partial charge in [0.1, 0.15) is 4.21 Å². The molecule has 5 rings (SSSR count). The van der Waals surface area contributed by atoms with E-state index in [0.29, 0.717) is 17.4 Å². The predicted molar refractivity (Wildman–Crippen MR) is 155 cm³/mol. The largest absolute Gasteiger partial charge is 0.381 e. The average Bonchev–Trinajstić information content (AvgIpc) is 3.51. The number of aryl methyl sites for hydroxylation is 1. The number of aromatic amines is 1. The van der Waals surface area contributed by atoms with Gasteiger partial charge in [0.05, 0.1) is 20.9 Å². The van der Waals surface area contributed by atoms with Gasteiger partial charge in [0, 0.05) is 22.8 Å². The topological polar surface area (TPSA) is 142 Å². The number of hydrogen-bond acceptors (Lipinski definition) is 8. The minimum absolute atomic E-state index is 0.103. The summed E-state index contributed by atoms with van der Waals surface area (Å²) in [6, 6.07) is 14.8. The SMILES string of the molecule is Cc1cc(CNc2ccc3c(=O)n(-c4ccc(NC(=O)NS(=O)(=O)c5ccc(Cl)s5)cc4)c(=O)[nH]c3c2)cs1. The van der Waals surface area contributed by atoms with Crippen LogP contribution in [0.2, 0.25) is 4.34 Å². The van der Waals surface area contributed by atoms with E-state index < -0.39 is 27.3 Å². The first-order valence-corrected chi connectivity index (χ1v) is 14.9.